The van der Waals surface area contributed by atoms with E-state index in [0.29, 0.717) is 11.6 Å². The second kappa shape index (κ2) is 6.35. The minimum atomic E-state index is 0.401. The van der Waals surface area contributed by atoms with Gasteiger partial charge in [0.25, 0.3) is 0 Å². The summed E-state index contributed by atoms with van der Waals surface area (Å²) in [6, 6.07) is 0.665. The maximum absolute atomic E-state index is 4.69. The lowest BCUT2D eigenvalue weighted by atomic mass is 9.89. The van der Waals surface area contributed by atoms with Gasteiger partial charge in [0.15, 0.2) is 0 Å². The molecule has 2 fully saturated rings. The predicted octanol–water partition coefficient (Wildman–Crippen LogP) is 3.58. The number of hydrogen-bond donors (Lipinski definition) is 1. The fourth-order valence-corrected chi connectivity index (χ4v) is 4.68. The van der Waals surface area contributed by atoms with Crippen molar-refractivity contribution in [3.8, 4) is 0 Å². The molecular weight excluding hydrogens is 278 g/mol. The van der Waals surface area contributed by atoms with Crippen molar-refractivity contribution < 1.29 is 0 Å². The van der Waals surface area contributed by atoms with E-state index in [1.807, 2.05) is 0 Å². The summed E-state index contributed by atoms with van der Waals surface area (Å²) < 4.78 is 0. The molecule has 1 aliphatic heterocycles. The first kappa shape index (κ1) is 15.4. The van der Waals surface area contributed by atoms with Gasteiger partial charge in [0, 0.05) is 36.6 Å². The summed E-state index contributed by atoms with van der Waals surface area (Å²) in [6.07, 6.45) is 6.78. The Labute approximate surface area is 133 Å². The molecule has 1 spiro atoms. The SMILES string of the molecule is Cc1nc(CN2CC3(CCCC3)NCC2CC(C)C)cs1. The summed E-state index contributed by atoms with van der Waals surface area (Å²) >= 11 is 1.78. The highest BCUT2D eigenvalue weighted by Crippen LogP contribution is 2.34. The molecule has 1 unspecified atom stereocenters. The lowest BCUT2D eigenvalue weighted by Gasteiger charge is -2.46. The van der Waals surface area contributed by atoms with Gasteiger partial charge in [0.2, 0.25) is 0 Å². The van der Waals surface area contributed by atoms with Gasteiger partial charge in [0.1, 0.15) is 0 Å². The van der Waals surface area contributed by atoms with E-state index in [4.69, 9.17) is 0 Å². The normalized spacial score (nSPS) is 26.0. The van der Waals surface area contributed by atoms with Crippen molar-refractivity contribution in [2.24, 2.45) is 5.92 Å². The van der Waals surface area contributed by atoms with Gasteiger partial charge < -0.3 is 5.32 Å². The second-order valence-electron chi connectivity index (χ2n) is 7.41. The van der Waals surface area contributed by atoms with Crippen LogP contribution in [0.15, 0.2) is 5.38 Å². The van der Waals surface area contributed by atoms with Crippen molar-refractivity contribution in [2.45, 2.75) is 71.0 Å². The Morgan fingerprint density at radius 3 is 2.81 bits per heavy atom. The molecule has 3 nitrogen and oxygen atoms in total. The zero-order valence-electron chi connectivity index (χ0n) is 13.7. The largest absolute Gasteiger partial charge is 0.308 e. The molecule has 1 aliphatic carbocycles. The van der Waals surface area contributed by atoms with Crippen molar-refractivity contribution in [3.63, 3.8) is 0 Å². The summed E-state index contributed by atoms with van der Waals surface area (Å²) in [5.41, 5.74) is 1.67. The van der Waals surface area contributed by atoms with Crippen LogP contribution in [0.5, 0.6) is 0 Å². The zero-order valence-corrected chi connectivity index (χ0v) is 14.5. The van der Waals surface area contributed by atoms with Gasteiger partial charge >= 0.3 is 0 Å². The van der Waals surface area contributed by atoms with Crippen LogP contribution in [-0.4, -0.2) is 34.6 Å². The van der Waals surface area contributed by atoms with Crippen molar-refractivity contribution >= 4 is 11.3 Å². The van der Waals surface area contributed by atoms with Crippen LogP contribution in [0.2, 0.25) is 0 Å². The first-order chi connectivity index (χ1) is 10.1. The van der Waals surface area contributed by atoms with Gasteiger partial charge in [0.05, 0.1) is 10.7 Å². The molecule has 1 aromatic heterocycles. The molecule has 1 N–H and O–H groups in total. The maximum Gasteiger partial charge on any atom is 0.0897 e. The summed E-state index contributed by atoms with van der Waals surface area (Å²) in [4.78, 5) is 7.41. The standard InChI is InChI=1S/C17H29N3S/c1-13(2)8-16-9-18-17(6-4-5-7-17)12-20(16)10-15-11-21-14(3)19-15/h11,13,16,18H,4-10,12H2,1-3H3. The van der Waals surface area contributed by atoms with Gasteiger partial charge in [-0.15, -0.1) is 11.3 Å². The van der Waals surface area contributed by atoms with Crippen LogP contribution in [0.25, 0.3) is 0 Å². The molecule has 1 saturated carbocycles. The Bertz CT molecular complexity index is 462. The molecule has 2 heterocycles. The quantitative estimate of drug-likeness (QED) is 0.921. The predicted molar refractivity (Wildman–Crippen MR) is 89.7 cm³/mol. The van der Waals surface area contributed by atoms with Gasteiger partial charge in [-0.25, -0.2) is 4.98 Å². The van der Waals surface area contributed by atoms with E-state index in [9.17, 15) is 0 Å². The lowest BCUT2D eigenvalue weighted by Crippen LogP contribution is -2.63. The summed E-state index contributed by atoms with van der Waals surface area (Å²) in [6.45, 7) is 10.2. The van der Waals surface area contributed by atoms with E-state index < -0.39 is 0 Å². The number of piperazine rings is 1. The highest BCUT2D eigenvalue weighted by Gasteiger charge is 2.41. The fraction of sp³-hybridized carbons (Fsp3) is 0.824. The van der Waals surface area contributed by atoms with Gasteiger partial charge in [-0.05, 0) is 32.1 Å². The van der Waals surface area contributed by atoms with Crippen LogP contribution in [0, 0.1) is 12.8 Å². The smallest absolute Gasteiger partial charge is 0.0897 e. The summed E-state index contributed by atoms with van der Waals surface area (Å²) in [5, 5.41) is 7.34. The third-order valence-corrected chi connectivity index (χ3v) is 5.89. The van der Waals surface area contributed by atoms with E-state index in [2.05, 4.69) is 41.4 Å². The number of thiazole rings is 1. The Hall–Kier alpha value is -0.450. The molecule has 3 rings (SSSR count). The molecule has 0 aromatic carbocycles. The Morgan fingerprint density at radius 1 is 1.43 bits per heavy atom. The third-order valence-electron chi connectivity index (χ3n) is 5.07. The molecule has 0 amide bonds. The summed E-state index contributed by atoms with van der Waals surface area (Å²) in [5.74, 6) is 0.758. The van der Waals surface area contributed by atoms with Crippen molar-refractivity contribution in [3.05, 3.63) is 16.1 Å². The first-order valence-corrected chi connectivity index (χ1v) is 9.34. The first-order valence-electron chi connectivity index (χ1n) is 8.46. The van der Waals surface area contributed by atoms with E-state index in [-0.39, 0.29) is 0 Å². The fourth-order valence-electron chi connectivity index (χ4n) is 4.07. The Morgan fingerprint density at radius 2 is 2.19 bits per heavy atom. The molecule has 0 radical (unpaired) electrons. The number of nitrogens with one attached hydrogen (secondary N) is 1. The molecule has 21 heavy (non-hydrogen) atoms. The van der Waals surface area contributed by atoms with Crippen LogP contribution in [0.1, 0.15) is 56.7 Å². The van der Waals surface area contributed by atoms with Crippen LogP contribution >= 0.6 is 11.3 Å². The Kier molecular flexibility index (Phi) is 4.67. The van der Waals surface area contributed by atoms with Crippen LogP contribution in [0.4, 0.5) is 0 Å². The minimum Gasteiger partial charge on any atom is -0.308 e. The van der Waals surface area contributed by atoms with E-state index in [1.54, 1.807) is 11.3 Å². The minimum absolute atomic E-state index is 0.401. The molecule has 118 valence electrons. The van der Waals surface area contributed by atoms with Gasteiger partial charge in [-0.1, -0.05) is 26.7 Å². The molecular formula is C17H29N3S. The molecule has 1 aromatic rings. The topological polar surface area (TPSA) is 28.2 Å². The zero-order chi connectivity index (χ0) is 14.9. The molecule has 1 atom stereocenters. The molecule has 4 heteroatoms. The number of hydrogen-bond acceptors (Lipinski definition) is 4. The Balaban J connectivity index is 1.72. The highest BCUT2D eigenvalue weighted by molar-refractivity contribution is 7.09. The summed E-state index contributed by atoms with van der Waals surface area (Å²) in [7, 11) is 0. The number of nitrogens with zero attached hydrogens (tertiary/aromatic N) is 2. The lowest BCUT2D eigenvalue weighted by molar-refractivity contribution is 0.0621. The number of aryl methyl sites for hydroxylation is 1. The number of aromatic nitrogens is 1. The van der Waals surface area contributed by atoms with Crippen LogP contribution in [-0.2, 0) is 6.54 Å². The van der Waals surface area contributed by atoms with E-state index in [1.165, 1.54) is 49.4 Å². The second-order valence-corrected chi connectivity index (χ2v) is 8.48. The van der Waals surface area contributed by atoms with Crippen molar-refractivity contribution in [1.29, 1.82) is 0 Å². The third kappa shape index (κ3) is 3.66. The highest BCUT2D eigenvalue weighted by atomic mass is 32.1. The van der Waals surface area contributed by atoms with Gasteiger partial charge in [-0.2, -0.15) is 0 Å². The molecule has 1 saturated heterocycles. The van der Waals surface area contributed by atoms with Gasteiger partial charge in [-0.3, -0.25) is 4.90 Å². The molecule has 2 aliphatic rings. The maximum atomic E-state index is 4.69. The van der Waals surface area contributed by atoms with Crippen LogP contribution < -0.4 is 5.32 Å². The molecule has 0 bridgehead atoms. The monoisotopic (exact) mass is 307 g/mol. The average Bonchev–Trinajstić information content (AvgIpc) is 3.03. The van der Waals surface area contributed by atoms with E-state index >= 15 is 0 Å². The van der Waals surface area contributed by atoms with Crippen molar-refractivity contribution in [2.75, 3.05) is 13.1 Å². The van der Waals surface area contributed by atoms with Crippen LogP contribution in [0.3, 0.4) is 0 Å². The van der Waals surface area contributed by atoms with E-state index in [0.717, 1.165) is 19.0 Å². The average molecular weight is 308 g/mol. The van der Waals surface area contributed by atoms with Crippen molar-refractivity contribution in [1.82, 2.24) is 15.2 Å². The number of rotatable bonds is 4.